The van der Waals surface area contributed by atoms with Crippen molar-refractivity contribution >= 4 is 34.0 Å². The van der Waals surface area contributed by atoms with Crippen molar-refractivity contribution in [2.24, 2.45) is 0 Å². The van der Waals surface area contributed by atoms with Gasteiger partial charge in [0.1, 0.15) is 12.4 Å². The minimum Gasteiger partial charge on any atom is -0.489 e. The van der Waals surface area contributed by atoms with Gasteiger partial charge in [0.05, 0.1) is 18.8 Å². The van der Waals surface area contributed by atoms with Gasteiger partial charge in [-0.2, -0.15) is 0 Å². The van der Waals surface area contributed by atoms with E-state index in [9.17, 15) is 0 Å². The monoisotopic (exact) mass is 491 g/mol. The van der Waals surface area contributed by atoms with Crippen LogP contribution in [0.25, 0.3) is 0 Å². The standard InChI is InChI=1S/C19H34IN5O2/c1-23(12-14-26)10-11-24(7-4-20)8-5-22-6-9-25-13-15-27-19-16-17(21)2-3-18(19)25/h2-3,16,22,26H,4-15,21H2,1H3. The Morgan fingerprint density at radius 1 is 1.22 bits per heavy atom. The summed E-state index contributed by atoms with van der Waals surface area (Å²) in [5, 5.41) is 12.6. The fourth-order valence-corrected chi connectivity index (χ4v) is 3.83. The van der Waals surface area contributed by atoms with Crippen molar-refractivity contribution in [1.82, 2.24) is 15.1 Å². The number of likely N-dealkylation sites (N-methyl/N-ethyl adjacent to an activating group) is 1. The molecule has 1 aliphatic rings. The van der Waals surface area contributed by atoms with Crippen LogP contribution >= 0.6 is 22.6 Å². The third-order valence-electron chi connectivity index (χ3n) is 4.79. The van der Waals surface area contributed by atoms with E-state index in [0.29, 0.717) is 6.61 Å². The maximum atomic E-state index is 9.00. The lowest BCUT2D eigenvalue weighted by atomic mass is 10.2. The average Bonchev–Trinajstić information content (AvgIpc) is 2.65. The topological polar surface area (TPSA) is 77.2 Å². The second kappa shape index (κ2) is 12.6. The van der Waals surface area contributed by atoms with E-state index in [1.54, 1.807) is 0 Å². The molecule has 0 aliphatic carbocycles. The molecule has 0 radical (unpaired) electrons. The third kappa shape index (κ3) is 7.98. The quantitative estimate of drug-likeness (QED) is 0.163. The molecule has 27 heavy (non-hydrogen) atoms. The largest absolute Gasteiger partial charge is 0.489 e. The summed E-state index contributed by atoms with van der Waals surface area (Å²) in [4.78, 5) is 7.02. The van der Waals surface area contributed by atoms with E-state index < -0.39 is 0 Å². The van der Waals surface area contributed by atoms with E-state index in [4.69, 9.17) is 15.6 Å². The molecule has 0 amide bonds. The number of hydrogen-bond acceptors (Lipinski definition) is 7. The SMILES string of the molecule is CN(CCO)CCN(CCI)CCNCCN1CCOc2cc(N)ccc21. The van der Waals surface area contributed by atoms with E-state index in [1.807, 2.05) is 12.1 Å². The highest BCUT2D eigenvalue weighted by atomic mass is 127. The lowest BCUT2D eigenvalue weighted by Crippen LogP contribution is -2.41. The highest BCUT2D eigenvalue weighted by Gasteiger charge is 2.17. The van der Waals surface area contributed by atoms with Gasteiger partial charge in [0.15, 0.2) is 0 Å². The number of aliphatic hydroxyl groups excluding tert-OH is 1. The Bertz CT molecular complexity index is 549. The van der Waals surface area contributed by atoms with Gasteiger partial charge in [0, 0.05) is 68.5 Å². The zero-order chi connectivity index (χ0) is 19.5. The number of fused-ring (bicyclic) bond motifs is 1. The summed E-state index contributed by atoms with van der Waals surface area (Å²) in [7, 11) is 2.06. The van der Waals surface area contributed by atoms with Gasteiger partial charge in [-0.3, -0.25) is 0 Å². The first-order valence-corrected chi connectivity index (χ1v) is 11.2. The van der Waals surface area contributed by atoms with Crippen LogP contribution in [0.1, 0.15) is 0 Å². The number of aliphatic hydroxyl groups is 1. The number of halogens is 1. The molecule has 4 N–H and O–H groups in total. The first kappa shape index (κ1) is 22.5. The maximum Gasteiger partial charge on any atom is 0.144 e. The Morgan fingerprint density at radius 3 is 2.85 bits per heavy atom. The lowest BCUT2D eigenvalue weighted by molar-refractivity contribution is 0.194. The zero-order valence-corrected chi connectivity index (χ0v) is 18.5. The van der Waals surface area contributed by atoms with Crippen LogP contribution in [-0.2, 0) is 0 Å². The molecule has 1 aromatic carbocycles. The van der Waals surface area contributed by atoms with Gasteiger partial charge in [-0.05, 0) is 19.2 Å². The molecule has 0 aromatic heterocycles. The number of nitrogen functional groups attached to an aromatic ring is 1. The number of alkyl halides is 1. The fraction of sp³-hybridized carbons (Fsp3) is 0.684. The summed E-state index contributed by atoms with van der Waals surface area (Å²) in [6.07, 6.45) is 0. The lowest BCUT2D eigenvalue weighted by Gasteiger charge is -2.31. The Morgan fingerprint density at radius 2 is 2.07 bits per heavy atom. The Kier molecular flexibility index (Phi) is 10.5. The van der Waals surface area contributed by atoms with E-state index in [1.165, 1.54) is 0 Å². The van der Waals surface area contributed by atoms with Crippen LogP contribution in [0.2, 0.25) is 0 Å². The Hall–Kier alpha value is -0.810. The van der Waals surface area contributed by atoms with Crippen LogP contribution in [0.15, 0.2) is 18.2 Å². The minimum absolute atomic E-state index is 0.224. The van der Waals surface area contributed by atoms with Crippen LogP contribution < -0.4 is 20.7 Å². The number of benzene rings is 1. The van der Waals surface area contributed by atoms with Gasteiger partial charge in [0.2, 0.25) is 0 Å². The molecule has 0 saturated carbocycles. The van der Waals surface area contributed by atoms with Crippen LogP contribution in [0.4, 0.5) is 11.4 Å². The number of anilines is 2. The van der Waals surface area contributed by atoms with Crippen molar-refractivity contribution in [2.45, 2.75) is 0 Å². The maximum absolute atomic E-state index is 9.00. The molecule has 2 rings (SSSR count). The van der Waals surface area contributed by atoms with E-state index in [-0.39, 0.29) is 6.61 Å². The van der Waals surface area contributed by atoms with Gasteiger partial charge in [-0.1, -0.05) is 22.6 Å². The Labute approximate surface area is 177 Å². The van der Waals surface area contributed by atoms with Crippen molar-refractivity contribution in [3.63, 3.8) is 0 Å². The van der Waals surface area contributed by atoms with Crippen LogP contribution in [0, 0.1) is 0 Å². The van der Waals surface area contributed by atoms with Crippen molar-refractivity contribution in [3.05, 3.63) is 18.2 Å². The van der Waals surface area contributed by atoms with Gasteiger partial charge >= 0.3 is 0 Å². The summed E-state index contributed by atoms with van der Waals surface area (Å²) >= 11 is 2.43. The molecule has 0 unspecified atom stereocenters. The molecule has 7 nitrogen and oxygen atoms in total. The molecule has 0 spiro atoms. The molecule has 8 heteroatoms. The van der Waals surface area contributed by atoms with E-state index in [0.717, 1.165) is 80.5 Å². The number of nitrogens with two attached hydrogens (primary N) is 1. The summed E-state index contributed by atoms with van der Waals surface area (Å²) < 4.78 is 6.85. The summed E-state index contributed by atoms with van der Waals surface area (Å²) in [6, 6.07) is 5.89. The summed E-state index contributed by atoms with van der Waals surface area (Å²) in [5.74, 6) is 0.890. The first-order chi connectivity index (χ1) is 13.1. The number of nitrogens with one attached hydrogen (secondary N) is 1. The number of hydrogen-bond donors (Lipinski definition) is 3. The van der Waals surface area contributed by atoms with Crippen LogP contribution in [0.5, 0.6) is 5.75 Å². The predicted molar refractivity (Wildman–Crippen MR) is 121 cm³/mol. The van der Waals surface area contributed by atoms with Gasteiger partial charge < -0.3 is 35.6 Å². The molecule has 154 valence electrons. The molecule has 1 aliphatic heterocycles. The van der Waals surface area contributed by atoms with E-state index >= 15 is 0 Å². The Balaban J connectivity index is 1.67. The molecule has 0 atom stereocenters. The average molecular weight is 491 g/mol. The smallest absolute Gasteiger partial charge is 0.144 e. The minimum atomic E-state index is 0.224. The van der Waals surface area contributed by atoms with Crippen LogP contribution in [-0.4, -0.2) is 98.5 Å². The number of nitrogens with zero attached hydrogens (tertiary/aromatic N) is 3. The van der Waals surface area contributed by atoms with Gasteiger partial charge in [-0.15, -0.1) is 0 Å². The van der Waals surface area contributed by atoms with Crippen molar-refractivity contribution in [1.29, 1.82) is 0 Å². The molecule has 1 heterocycles. The zero-order valence-electron chi connectivity index (χ0n) is 16.4. The third-order valence-corrected chi connectivity index (χ3v) is 5.27. The molecular weight excluding hydrogens is 457 g/mol. The molecular formula is C19H34IN5O2. The fourth-order valence-electron chi connectivity index (χ4n) is 3.15. The number of ether oxygens (including phenoxy) is 1. The van der Waals surface area contributed by atoms with E-state index in [2.05, 4.69) is 55.7 Å². The highest BCUT2D eigenvalue weighted by Crippen LogP contribution is 2.32. The summed E-state index contributed by atoms with van der Waals surface area (Å²) in [6.45, 7) is 9.67. The first-order valence-electron chi connectivity index (χ1n) is 9.69. The molecule has 1 aromatic rings. The second-order valence-electron chi connectivity index (χ2n) is 6.87. The molecule has 0 fully saturated rings. The normalized spacial score (nSPS) is 13.9. The number of rotatable bonds is 13. The molecule has 0 saturated heterocycles. The van der Waals surface area contributed by atoms with Crippen molar-refractivity contribution < 1.29 is 9.84 Å². The van der Waals surface area contributed by atoms with Gasteiger partial charge in [-0.25, -0.2) is 0 Å². The van der Waals surface area contributed by atoms with Crippen molar-refractivity contribution in [2.75, 3.05) is 94.2 Å². The van der Waals surface area contributed by atoms with Gasteiger partial charge in [0.25, 0.3) is 0 Å². The summed E-state index contributed by atoms with van der Waals surface area (Å²) in [5.41, 5.74) is 7.73. The predicted octanol–water partition coefficient (Wildman–Crippen LogP) is 0.718. The van der Waals surface area contributed by atoms with Crippen LogP contribution in [0.3, 0.4) is 0 Å². The highest BCUT2D eigenvalue weighted by molar-refractivity contribution is 14.1. The second-order valence-corrected chi connectivity index (χ2v) is 7.95. The van der Waals surface area contributed by atoms with Crippen molar-refractivity contribution in [3.8, 4) is 5.75 Å². The molecule has 0 bridgehead atoms.